The molecule has 0 bridgehead atoms. The Hall–Kier alpha value is -2.88. The van der Waals surface area contributed by atoms with Crippen LogP contribution < -0.4 is 0 Å². The van der Waals surface area contributed by atoms with Gasteiger partial charge in [-0.2, -0.15) is 0 Å². The van der Waals surface area contributed by atoms with E-state index in [2.05, 4.69) is 140 Å². The van der Waals surface area contributed by atoms with Gasteiger partial charge in [0.25, 0.3) is 0 Å². The first-order valence-corrected chi connectivity index (χ1v) is 11.8. The van der Waals surface area contributed by atoms with Gasteiger partial charge in [0.2, 0.25) is 0 Å². The van der Waals surface area contributed by atoms with E-state index in [4.69, 9.17) is 0 Å². The molecule has 0 N–H and O–H groups in total. The van der Waals surface area contributed by atoms with E-state index in [1.165, 1.54) is 49.4 Å². The highest BCUT2D eigenvalue weighted by Crippen LogP contribution is 2.41. The van der Waals surface area contributed by atoms with Crippen molar-refractivity contribution in [1.29, 1.82) is 0 Å². The summed E-state index contributed by atoms with van der Waals surface area (Å²) in [7, 11) is 0. The van der Waals surface area contributed by atoms with Crippen LogP contribution >= 0.6 is 31.9 Å². The summed E-state index contributed by atoms with van der Waals surface area (Å²) in [5.41, 5.74) is 6.03. The molecular formula is C28H17Br2N. The first-order chi connectivity index (χ1) is 15.2. The van der Waals surface area contributed by atoms with Crippen LogP contribution in [-0.2, 0) is 0 Å². The van der Waals surface area contributed by atoms with Crippen LogP contribution in [0.4, 0.5) is 0 Å². The molecule has 0 atom stereocenters. The van der Waals surface area contributed by atoms with Gasteiger partial charge >= 0.3 is 0 Å². The molecule has 31 heavy (non-hydrogen) atoms. The maximum Gasteiger partial charge on any atom is 0.0547 e. The molecule has 6 rings (SSSR count). The first kappa shape index (κ1) is 18.9. The fourth-order valence-corrected chi connectivity index (χ4v) is 5.85. The average molecular weight is 527 g/mol. The number of hydrogen-bond acceptors (Lipinski definition) is 0. The Morgan fingerprint density at radius 3 is 1.97 bits per heavy atom. The van der Waals surface area contributed by atoms with E-state index in [0.29, 0.717) is 0 Å². The standard InChI is InChI=1S/C28H17Br2N/c29-21-13-20(14-22(30)17-21)24-11-6-12-26-28(24)25-15-18-7-4-5-8-19(18)16-27(25)31(26)23-9-2-1-3-10-23/h1-17H. The summed E-state index contributed by atoms with van der Waals surface area (Å²) in [4.78, 5) is 0. The quantitative estimate of drug-likeness (QED) is 0.212. The number of rotatable bonds is 2. The molecule has 5 aromatic carbocycles. The van der Waals surface area contributed by atoms with Crippen LogP contribution in [0.2, 0.25) is 0 Å². The molecule has 0 fully saturated rings. The van der Waals surface area contributed by atoms with E-state index < -0.39 is 0 Å². The molecule has 0 unspecified atom stereocenters. The molecule has 1 nitrogen and oxygen atoms in total. The molecule has 0 spiro atoms. The second kappa shape index (κ2) is 7.37. The highest BCUT2D eigenvalue weighted by atomic mass is 79.9. The third kappa shape index (κ3) is 3.12. The first-order valence-electron chi connectivity index (χ1n) is 10.2. The topological polar surface area (TPSA) is 4.93 Å². The molecule has 148 valence electrons. The van der Waals surface area contributed by atoms with E-state index in [0.717, 1.165) is 8.95 Å². The minimum Gasteiger partial charge on any atom is -0.309 e. The van der Waals surface area contributed by atoms with Gasteiger partial charge in [0.1, 0.15) is 0 Å². The van der Waals surface area contributed by atoms with Gasteiger partial charge in [0.05, 0.1) is 11.0 Å². The van der Waals surface area contributed by atoms with Crippen LogP contribution in [-0.4, -0.2) is 4.57 Å². The molecule has 0 saturated heterocycles. The predicted molar refractivity (Wildman–Crippen MR) is 139 cm³/mol. The van der Waals surface area contributed by atoms with Gasteiger partial charge < -0.3 is 4.57 Å². The number of nitrogens with zero attached hydrogens (tertiary/aromatic N) is 1. The second-order valence-corrected chi connectivity index (χ2v) is 9.58. The largest absolute Gasteiger partial charge is 0.309 e. The molecule has 1 aromatic heterocycles. The lowest BCUT2D eigenvalue weighted by Crippen LogP contribution is -1.93. The molecule has 1 heterocycles. The summed E-state index contributed by atoms with van der Waals surface area (Å²) in [5.74, 6) is 0. The Morgan fingerprint density at radius 1 is 0.548 bits per heavy atom. The van der Waals surface area contributed by atoms with Crippen LogP contribution in [0.25, 0.3) is 49.4 Å². The minimum atomic E-state index is 1.06. The van der Waals surface area contributed by atoms with Gasteiger partial charge in [-0.15, -0.1) is 0 Å². The van der Waals surface area contributed by atoms with E-state index in [1.54, 1.807) is 0 Å². The maximum absolute atomic E-state index is 3.66. The predicted octanol–water partition coefficient (Wildman–Crippen LogP) is 9.13. The lowest BCUT2D eigenvalue weighted by Gasteiger charge is -2.09. The van der Waals surface area contributed by atoms with E-state index in [-0.39, 0.29) is 0 Å². The van der Waals surface area contributed by atoms with Crippen molar-refractivity contribution in [3.8, 4) is 16.8 Å². The van der Waals surface area contributed by atoms with Gasteiger partial charge in [-0.1, -0.05) is 86.5 Å². The fourth-order valence-electron chi connectivity index (χ4n) is 4.56. The van der Waals surface area contributed by atoms with Crippen molar-refractivity contribution >= 4 is 64.4 Å². The third-order valence-corrected chi connectivity index (χ3v) is 6.76. The number of fused-ring (bicyclic) bond motifs is 4. The SMILES string of the molecule is Brc1cc(Br)cc(-c2cccc3c2c2cc4ccccc4cc2n3-c2ccccc2)c1. The van der Waals surface area contributed by atoms with Gasteiger partial charge in [0, 0.05) is 25.4 Å². The minimum absolute atomic E-state index is 1.06. The van der Waals surface area contributed by atoms with Gasteiger partial charge in [-0.25, -0.2) is 0 Å². The van der Waals surface area contributed by atoms with Gasteiger partial charge in [0.15, 0.2) is 0 Å². The van der Waals surface area contributed by atoms with Crippen LogP contribution in [0.15, 0.2) is 112 Å². The molecule has 0 amide bonds. The zero-order chi connectivity index (χ0) is 20.9. The molecule has 6 aromatic rings. The zero-order valence-electron chi connectivity index (χ0n) is 16.5. The molecule has 3 heteroatoms. The normalized spacial score (nSPS) is 11.5. The van der Waals surface area contributed by atoms with Crippen molar-refractivity contribution in [2.75, 3.05) is 0 Å². The Morgan fingerprint density at radius 2 is 1.23 bits per heavy atom. The highest BCUT2D eigenvalue weighted by Gasteiger charge is 2.17. The Bertz CT molecular complexity index is 1580. The monoisotopic (exact) mass is 525 g/mol. The van der Waals surface area contributed by atoms with Gasteiger partial charge in [-0.05, 0) is 70.4 Å². The van der Waals surface area contributed by atoms with E-state index in [1.807, 2.05) is 0 Å². The van der Waals surface area contributed by atoms with Crippen molar-refractivity contribution in [1.82, 2.24) is 4.57 Å². The van der Waals surface area contributed by atoms with Crippen molar-refractivity contribution in [2.45, 2.75) is 0 Å². The average Bonchev–Trinajstić information content (AvgIpc) is 3.11. The summed E-state index contributed by atoms with van der Waals surface area (Å²) < 4.78 is 4.51. The fraction of sp³-hybridized carbons (Fsp3) is 0. The Balaban J connectivity index is 1.82. The summed E-state index contributed by atoms with van der Waals surface area (Å²) in [6.07, 6.45) is 0. The molecule has 0 aliphatic carbocycles. The molecule has 0 radical (unpaired) electrons. The van der Waals surface area contributed by atoms with E-state index in [9.17, 15) is 0 Å². The zero-order valence-corrected chi connectivity index (χ0v) is 19.7. The summed E-state index contributed by atoms with van der Waals surface area (Å²) >= 11 is 7.33. The van der Waals surface area contributed by atoms with Crippen LogP contribution in [0.3, 0.4) is 0 Å². The summed E-state index contributed by atoms with van der Waals surface area (Å²) in [6, 6.07) is 36.9. The van der Waals surface area contributed by atoms with Gasteiger partial charge in [-0.3, -0.25) is 0 Å². The lowest BCUT2D eigenvalue weighted by molar-refractivity contribution is 1.18. The molecule has 0 aliphatic rings. The maximum atomic E-state index is 3.66. The number of aromatic nitrogens is 1. The second-order valence-electron chi connectivity index (χ2n) is 7.75. The molecule has 0 aliphatic heterocycles. The summed E-state index contributed by atoms with van der Waals surface area (Å²) in [6.45, 7) is 0. The summed E-state index contributed by atoms with van der Waals surface area (Å²) in [5, 5.41) is 5.05. The third-order valence-electron chi connectivity index (χ3n) is 5.85. The van der Waals surface area contributed by atoms with E-state index >= 15 is 0 Å². The number of hydrogen-bond donors (Lipinski definition) is 0. The number of benzene rings is 5. The van der Waals surface area contributed by atoms with Crippen LogP contribution in [0.5, 0.6) is 0 Å². The van der Waals surface area contributed by atoms with Crippen LogP contribution in [0.1, 0.15) is 0 Å². The van der Waals surface area contributed by atoms with Crippen molar-refractivity contribution < 1.29 is 0 Å². The van der Waals surface area contributed by atoms with Crippen LogP contribution in [0, 0.1) is 0 Å². The Labute approximate surface area is 197 Å². The van der Waals surface area contributed by atoms with Crippen molar-refractivity contribution in [3.63, 3.8) is 0 Å². The smallest absolute Gasteiger partial charge is 0.0547 e. The molecule has 0 saturated carbocycles. The highest BCUT2D eigenvalue weighted by molar-refractivity contribution is 9.11. The Kier molecular flexibility index (Phi) is 4.48. The van der Waals surface area contributed by atoms with Crippen molar-refractivity contribution in [2.24, 2.45) is 0 Å². The lowest BCUT2D eigenvalue weighted by atomic mass is 9.98. The van der Waals surface area contributed by atoms with Crippen molar-refractivity contribution in [3.05, 3.63) is 112 Å². The number of halogens is 2. The molecular weight excluding hydrogens is 510 g/mol. The number of para-hydroxylation sites is 1.